The number of pyridine rings is 1. The Morgan fingerprint density at radius 1 is 1.38 bits per heavy atom. The molecule has 3 aromatic rings. The van der Waals surface area contributed by atoms with Gasteiger partial charge >= 0.3 is 0 Å². The van der Waals surface area contributed by atoms with Gasteiger partial charge in [-0.3, -0.25) is 9.78 Å². The highest BCUT2D eigenvalue weighted by molar-refractivity contribution is 9.10. The zero-order valence-corrected chi connectivity index (χ0v) is 16.5. The van der Waals surface area contributed by atoms with Crippen molar-refractivity contribution in [3.05, 3.63) is 63.2 Å². The molecular formula is C19H17BrClN3O2. The van der Waals surface area contributed by atoms with Gasteiger partial charge in [-0.1, -0.05) is 46.9 Å². The molecule has 0 aliphatic rings. The Morgan fingerprint density at radius 3 is 2.96 bits per heavy atom. The molecular weight excluding hydrogens is 418 g/mol. The maximum absolute atomic E-state index is 12.0. The van der Waals surface area contributed by atoms with Gasteiger partial charge in [0.1, 0.15) is 5.52 Å². The lowest BCUT2D eigenvalue weighted by Crippen LogP contribution is -2.20. The molecule has 0 aliphatic carbocycles. The summed E-state index contributed by atoms with van der Waals surface area (Å²) in [7, 11) is 0. The zero-order chi connectivity index (χ0) is 18.5. The predicted molar refractivity (Wildman–Crippen MR) is 106 cm³/mol. The second kappa shape index (κ2) is 8.47. The topological polar surface area (TPSA) is 68.0 Å². The molecule has 1 amide bonds. The average Bonchev–Trinajstić information content (AvgIpc) is 3.03. The number of amides is 1. The highest BCUT2D eigenvalue weighted by Crippen LogP contribution is 2.28. The summed E-state index contributed by atoms with van der Waals surface area (Å²) in [6, 6.07) is 7.47. The first-order valence-electron chi connectivity index (χ1n) is 8.20. The van der Waals surface area contributed by atoms with Gasteiger partial charge in [0.2, 0.25) is 11.8 Å². The fraction of sp³-hybridized carbons (Fsp3) is 0.211. The molecule has 5 nitrogen and oxygen atoms in total. The molecule has 0 radical (unpaired) electrons. The number of fused-ring (bicyclic) bond motifs is 1. The number of hydrogen-bond donors (Lipinski definition) is 1. The number of nitrogens with one attached hydrogen (secondary N) is 1. The lowest BCUT2D eigenvalue weighted by Gasteiger charge is -1.99. The molecule has 0 saturated heterocycles. The highest BCUT2D eigenvalue weighted by Gasteiger charge is 2.10. The van der Waals surface area contributed by atoms with Crippen molar-refractivity contribution in [2.24, 2.45) is 0 Å². The normalized spacial score (nSPS) is 11.3. The Morgan fingerprint density at radius 2 is 2.23 bits per heavy atom. The van der Waals surface area contributed by atoms with E-state index in [0.717, 1.165) is 28.6 Å². The number of oxazole rings is 1. The smallest absolute Gasteiger partial charge is 0.244 e. The summed E-state index contributed by atoms with van der Waals surface area (Å²) in [5.41, 5.74) is 3.07. The second-order valence-electron chi connectivity index (χ2n) is 5.73. The van der Waals surface area contributed by atoms with E-state index in [4.69, 9.17) is 16.0 Å². The van der Waals surface area contributed by atoms with Crippen molar-refractivity contribution in [3.8, 4) is 0 Å². The van der Waals surface area contributed by atoms with Gasteiger partial charge in [-0.25, -0.2) is 4.98 Å². The molecule has 0 aliphatic heterocycles. The summed E-state index contributed by atoms with van der Waals surface area (Å²) in [4.78, 5) is 20.7. The van der Waals surface area contributed by atoms with Gasteiger partial charge in [-0.05, 0) is 36.3 Å². The molecule has 0 atom stereocenters. The molecule has 26 heavy (non-hydrogen) atoms. The molecule has 1 N–H and O–H groups in total. The van der Waals surface area contributed by atoms with Crippen LogP contribution >= 0.6 is 27.5 Å². The van der Waals surface area contributed by atoms with Crippen LogP contribution in [-0.2, 0) is 17.8 Å². The van der Waals surface area contributed by atoms with Gasteiger partial charge in [-0.2, -0.15) is 0 Å². The van der Waals surface area contributed by atoms with Gasteiger partial charge in [0.25, 0.3) is 0 Å². The van der Waals surface area contributed by atoms with Gasteiger partial charge < -0.3 is 9.73 Å². The third kappa shape index (κ3) is 4.71. The summed E-state index contributed by atoms with van der Waals surface area (Å²) >= 11 is 9.48. The SMILES string of the molecule is CCCc1ccc(/C=C/C(=O)NCc2nc3cc(Br)cc(Cl)c3o2)cn1. The lowest BCUT2D eigenvalue weighted by atomic mass is 10.2. The number of nitrogens with zero attached hydrogens (tertiary/aromatic N) is 2. The van der Waals surface area contributed by atoms with E-state index in [1.807, 2.05) is 18.2 Å². The molecule has 0 unspecified atom stereocenters. The van der Waals surface area contributed by atoms with E-state index in [-0.39, 0.29) is 12.5 Å². The number of benzene rings is 1. The summed E-state index contributed by atoms with van der Waals surface area (Å²) in [5.74, 6) is 0.157. The molecule has 3 rings (SSSR count). The Hall–Kier alpha value is -2.18. The maximum Gasteiger partial charge on any atom is 0.244 e. The van der Waals surface area contributed by atoms with Crippen molar-refractivity contribution in [1.82, 2.24) is 15.3 Å². The number of aromatic nitrogens is 2. The fourth-order valence-corrected chi connectivity index (χ4v) is 3.24. The van der Waals surface area contributed by atoms with Crippen LogP contribution in [0.2, 0.25) is 5.02 Å². The van der Waals surface area contributed by atoms with E-state index in [1.165, 1.54) is 6.08 Å². The van der Waals surface area contributed by atoms with E-state index < -0.39 is 0 Å². The van der Waals surface area contributed by atoms with Crippen molar-refractivity contribution >= 4 is 50.6 Å². The van der Waals surface area contributed by atoms with Crippen molar-refractivity contribution in [3.63, 3.8) is 0 Å². The van der Waals surface area contributed by atoms with E-state index in [9.17, 15) is 4.79 Å². The predicted octanol–water partition coefficient (Wildman–Crippen LogP) is 4.92. The maximum atomic E-state index is 12.0. The number of carbonyl (C=O) groups excluding carboxylic acids is 1. The van der Waals surface area contributed by atoms with E-state index >= 15 is 0 Å². The number of rotatable bonds is 6. The van der Waals surface area contributed by atoms with E-state index in [1.54, 1.807) is 18.3 Å². The molecule has 134 valence electrons. The van der Waals surface area contributed by atoms with Crippen LogP contribution < -0.4 is 5.32 Å². The quantitative estimate of drug-likeness (QED) is 0.559. The summed E-state index contributed by atoms with van der Waals surface area (Å²) in [6.45, 7) is 2.29. The fourth-order valence-electron chi connectivity index (χ4n) is 2.41. The third-order valence-corrected chi connectivity index (χ3v) is 4.39. The first-order chi connectivity index (χ1) is 12.5. The van der Waals surface area contributed by atoms with Crippen molar-refractivity contribution in [2.45, 2.75) is 26.3 Å². The van der Waals surface area contributed by atoms with Gasteiger partial charge in [0.15, 0.2) is 5.58 Å². The Bertz CT molecular complexity index is 951. The number of halogens is 2. The second-order valence-corrected chi connectivity index (χ2v) is 7.05. The van der Waals surface area contributed by atoms with Crippen LogP contribution in [0.3, 0.4) is 0 Å². The number of hydrogen-bond acceptors (Lipinski definition) is 4. The largest absolute Gasteiger partial charge is 0.437 e. The summed E-state index contributed by atoms with van der Waals surface area (Å²) in [5, 5.41) is 3.21. The molecule has 2 heterocycles. The van der Waals surface area contributed by atoms with Crippen LogP contribution in [0, 0.1) is 0 Å². The third-order valence-electron chi connectivity index (χ3n) is 3.65. The number of carbonyl (C=O) groups is 1. The van der Waals surface area contributed by atoms with Gasteiger partial charge in [-0.15, -0.1) is 0 Å². The number of aryl methyl sites for hydroxylation is 1. The first kappa shape index (κ1) is 18.6. The minimum absolute atomic E-state index is 0.180. The van der Waals surface area contributed by atoms with Crippen LogP contribution in [0.1, 0.15) is 30.5 Å². The zero-order valence-electron chi connectivity index (χ0n) is 14.1. The molecule has 0 bridgehead atoms. The molecule has 7 heteroatoms. The summed E-state index contributed by atoms with van der Waals surface area (Å²) in [6.07, 6.45) is 6.95. The average molecular weight is 435 g/mol. The summed E-state index contributed by atoms with van der Waals surface area (Å²) < 4.78 is 6.41. The van der Waals surface area contributed by atoms with Crippen LogP contribution in [0.15, 0.2) is 45.4 Å². The standard InChI is InChI=1S/C19H17BrClN3O2/c1-2-3-14-6-4-12(10-22-14)5-7-17(25)23-11-18-24-16-9-13(20)8-15(21)19(16)26-18/h4-10H,2-3,11H2,1H3,(H,23,25)/b7-5+. The minimum atomic E-state index is -0.239. The van der Waals surface area contributed by atoms with Crippen molar-refractivity contribution in [2.75, 3.05) is 0 Å². The molecule has 0 spiro atoms. The molecule has 2 aromatic heterocycles. The minimum Gasteiger partial charge on any atom is -0.437 e. The lowest BCUT2D eigenvalue weighted by molar-refractivity contribution is -0.116. The molecule has 0 saturated carbocycles. The molecule has 1 aromatic carbocycles. The van der Waals surface area contributed by atoms with Crippen LogP contribution in [-0.4, -0.2) is 15.9 Å². The van der Waals surface area contributed by atoms with E-state index in [0.29, 0.717) is 22.0 Å². The van der Waals surface area contributed by atoms with Crippen LogP contribution in [0.5, 0.6) is 0 Å². The van der Waals surface area contributed by atoms with Crippen LogP contribution in [0.4, 0.5) is 0 Å². The van der Waals surface area contributed by atoms with Gasteiger partial charge in [0, 0.05) is 22.4 Å². The van der Waals surface area contributed by atoms with Crippen molar-refractivity contribution in [1.29, 1.82) is 0 Å². The Kier molecular flexibility index (Phi) is 6.06. The van der Waals surface area contributed by atoms with Gasteiger partial charge in [0.05, 0.1) is 11.6 Å². The van der Waals surface area contributed by atoms with Crippen molar-refractivity contribution < 1.29 is 9.21 Å². The van der Waals surface area contributed by atoms with Crippen LogP contribution in [0.25, 0.3) is 17.2 Å². The van der Waals surface area contributed by atoms with E-state index in [2.05, 4.69) is 38.1 Å². The Labute approximate surface area is 164 Å². The monoisotopic (exact) mass is 433 g/mol. The first-order valence-corrected chi connectivity index (χ1v) is 9.37. The highest BCUT2D eigenvalue weighted by atomic mass is 79.9. The Balaban J connectivity index is 1.59. The molecule has 0 fully saturated rings.